The molecule has 1 aromatic heterocycles. The number of aliphatic hydroxyl groups is 1. The van der Waals surface area contributed by atoms with Crippen LogP contribution in [0.5, 0.6) is 0 Å². The number of rotatable bonds is 4. The summed E-state index contributed by atoms with van der Waals surface area (Å²) < 4.78 is 0. The van der Waals surface area contributed by atoms with Crippen LogP contribution in [0.2, 0.25) is 0 Å². The van der Waals surface area contributed by atoms with Gasteiger partial charge in [0.05, 0.1) is 19.0 Å². The number of hydrazine groups is 1. The van der Waals surface area contributed by atoms with E-state index in [0.717, 1.165) is 5.03 Å². The molecule has 13 heavy (non-hydrogen) atoms. The van der Waals surface area contributed by atoms with Gasteiger partial charge in [-0.15, -0.1) is 0 Å². The van der Waals surface area contributed by atoms with Crippen molar-refractivity contribution in [3.05, 3.63) is 12.4 Å². The summed E-state index contributed by atoms with van der Waals surface area (Å²) in [7, 11) is 0. The minimum absolute atomic E-state index is 0.113. The molecule has 0 saturated carbocycles. The number of hydrogen-bond donors (Lipinski definition) is 3. The van der Waals surface area contributed by atoms with Crippen molar-refractivity contribution < 1.29 is 5.11 Å². The topological polar surface area (TPSA) is 84.1 Å². The molecule has 0 bridgehead atoms. The Bertz CT molecular complexity index is 270. The van der Waals surface area contributed by atoms with Crippen LogP contribution in [0.15, 0.2) is 17.4 Å². The van der Waals surface area contributed by atoms with Crippen molar-refractivity contribution in [2.75, 3.05) is 12.0 Å². The molecule has 0 saturated heterocycles. The van der Waals surface area contributed by atoms with Crippen LogP contribution in [-0.2, 0) is 0 Å². The van der Waals surface area contributed by atoms with Gasteiger partial charge < -0.3 is 10.5 Å². The van der Waals surface area contributed by atoms with Crippen LogP contribution in [0.25, 0.3) is 0 Å². The van der Waals surface area contributed by atoms with Crippen molar-refractivity contribution in [2.45, 2.75) is 17.2 Å². The van der Waals surface area contributed by atoms with Crippen LogP contribution in [0.4, 0.5) is 5.82 Å². The standard InChI is InChI=1S/C7H12N4OS/c1-5(4-12)13-7-3-9-2-6(10-7)11-8/h2-3,5,12H,4,8H2,1H3,(H,10,11). The van der Waals surface area contributed by atoms with Crippen LogP contribution in [0, 0.1) is 0 Å². The van der Waals surface area contributed by atoms with Gasteiger partial charge in [-0.2, -0.15) is 0 Å². The summed E-state index contributed by atoms with van der Waals surface area (Å²) in [5.41, 5.74) is 2.41. The first-order valence-electron chi connectivity index (χ1n) is 3.82. The summed E-state index contributed by atoms with van der Waals surface area (Å²) in [6.07, 6.45) is 3.17. The van der Waals surface area contributed by atoms with E-state index in [1.165, 1.54) is 18.0 Å². The molecule has 0 fully saturated rings. The first-order valence-corrected chi connectivity index (χ1v) is 4.70. The average Bonchev–Trinajstić information content (AvgIpc) is 2.18. The number of aromatic nitrogens is 2. The fourth-order valence-electron chi connectivity index (χ4n) is 0.718. The number of nitrogens with one attached hydrogen (secondary N) is 1. The van der Waals surface area contributed by atoms with E-state index >= 15 is 0 Å². The van der Waals surface area contributed by atoms with Crippen molar-refractivity contribution in [1.29, 1.82) is 0 Å². The molecule has 0 aromatic carbocycles. The minimum atomic E-state index is 0.113. The predicted octanol–water partition coefficient (Wildman–Crippen LogP) is 0.235. The molecule has 5 nitrogen and oxygen atoms in total. The van der Waals surface area contributed by atoms with Gasteiger partial charge in [-0.1, -0.05) is 18.7 Å². The van der Waals surface area contributed by atoms with E-state index in [0.29, 0.717) is 5.82 Å². The molecule has 4 N–H and O–H groups in total. The summed E-state index contributed by atoms with van der Waals surface area (Å²) in [6, 6.07) is 0. The zero-order valence-electron chi connectivity index (χ0n) is 7.27. The van der Waals surface area contributed by atoms with Gasteiger partial charge in [0.1, 0.15) is 5.03 Å². The molecular weight excluding hydrogens is 188 g/mol. The highest BCUT2D eigenvalue weighted by Gasteiger charge is 2.04. The summed E-state index contributed by atoms with van der Waals surface area (Å²) in [4.78, 5) is 8.07. The maximum Gasteiger partial charge on any atom is 0.159 e. The van der Waals surface area contributed by atoms with Crippen molar-refractivity contribution >= 4 is 17.6 Å². The monoisotopic (exact) mass is 200 g/mol. The lowest BCUT2D eigenvalue weighted by Gasteiger charge is -2.06. The van der Waals surface area contributed by atoms with Crippen LogP contribution >= 0.6 is 11.8 Å². The Kier molecular flexibility index (Phi) is 3.94. The molecular formula is C7H12N4OS. The predicted molar refractivity (Wildman–Crippen MR) is 52.2 cm³/mol. The highest BCUT2D eigenvalue weighted by atomic mass is 32.2. The third kappa shape index (κ3) is 3.17. The van der Waals surface area contributed by atoms with Gasteiger partial charge in [0.15, 0.2) is 5.82 Å². The summed E-state index contributed by atoms with van der Waals surface area (Å²) >= 11 is 1.45. The van der Waals surface area contributed by atoms with E-state index in [1.807, 2.05) is 6.92 Å². The number of nitrogens with two attached hydrogens (primary N) is 1. The van der Waals surface area contributed by atoms with Crippen molar-refractivity contribution in [3.63, 3.8) is 0 Å². The van der Waals surface area contributed by atoms with E-state index in [1.54, 1.807) is 6.20 Å². The number of nitrogen functional groups attached to an aromatic ring is 1. The quantitative estimate of drug-likeness (QED) is 0.367. The molecule has 0 radical (unpaired) electrons. The van der Waals surface area contributed by atoms with E-state index in [2.05, 4.69) is 15.4 Å². The van der Waals surface area contributed by atoms with Gasteiger partial charge in [0, 0.05) is 5.25 Å². The molecule has 1 atom stereocenters. The van der Waals surface area contributed by atoms with Crippen LogP contribution in [-0.4, -0.2) is 26.9 Å². The van der Waals surface area contributed by atoms with E-state index in [9.17, 15) is 0 Å². The molecule has 1 heterocycles. The fraction of sp³-hybridized carbons (Fsp3) is 0.429. The lowest BCUT2D eigenvalue weighted by atomic mass is 10.5. The number of thioether (sulfide) groups is 1. The van der Waals surface area contributed by atoms with E-state index in [4.69, 9.17) is 10.9 Å². The SMILES string of the molecule is CC(CO)Sc1cncc(NN)n1. The van der Waals surface area contributed by atoms with Crippen LogP contribution < -0.4 is 11.3 Å². The number of anilines is 1. The maximum absolute atomic E-state index is 8.81. The van der Waals surface area contributed by atoms with Gasteiger partial charge in [0.25, 0.3) is 0 Å². The van der Waals surface area contributed by atoms with Gasteiger partial charge in [-0.25, -0.2) is 10.8 Å². The third-order valence-electron chi connectivity index (χ3n) is 1.34. The van der Waals surface area contributed by atoms with Gasteiger partial charge in [-0.3, -0.25) is 4.98 Å². The Morgan fingerprint density at radius 2 is 2.46 bits per heavy atom. The minimum Gasteiger partial charge on any atom is -0.395 e. The molecule has 6 heteroatoms. The Morgan fingerprint density at radius 1 is 1.69 bits per heavy atom. The molecule has 0 spiro atoms. The van der Waals surface area contributed by atoms with Crippen LogP contribution in [0.1, 0.15) is 6.92 Å². The second kappa shape index (κ2) is 5.00. The molecule has 1 aromatic rings. The maximum atomic E-state index is 8.81. The summed E-state index contributed by atoms with van der Waals surface area (Å²) in [5, 5.41) is 9.67. The Morgan fingerprint density at radius 3 is 3.08 bits per heavy atom. The zero-order valence-corrected chi connectivity index (χ0v) is 8.08. The Balaban J connectivity index is 2.66. The lowest BCUT2D eigenvalue weighted by Crippen LogP contribution is -2.09. The Labute approximate surface area is 80.7 Å². The number of hydrogen-bond acceptors (Lipinski definition) is 6. The van der Waals surface area contributed by atoms with Gasteiger partial charge in [0.2, 0.25) is 0 Å². The average molecular weight is 200 g/mol. The van der Waals surface area contributed by atoms with Crippen LogP contribution in [0.3, 0.4) is 0 Å². The second-order valence-electron chi connectivity index (χ2n) is 2.50. The largest absolute Gasteiger partial charge is 0.395 e. The highest BCUT2D eigenvalue weighted by molar-refractivity contribution is 7.99. The molecule has 1 unspecified atom stereocenters. The zero-order chi connectivity index (χ0) is 9.68. The Hall–Kier alpha value is -0.850. The summed E-state index contributed by atoms with van der Waals surface area (Å²) in [5.74, 6) is 5.69. The first kappa shape index (κ1) is 10.2. The first-order chi connectivity index (χ1) is 6.26. The highest BCUT2D eigenvalue weighted by Crippen LogP contribution is 2.20. The second-order valence-corrected chi connectivity index (χ2v) is 3.96. The lowest BCUT2D eigenvalue weighted by molar-refractivity contribution is 0.300. The number of aliphatic hydroxyl groups excluding tert-OH is 1. The molecule has 0 aliphatic rings. The van der Waals surface area contributed by atoms with Gasteiger partial charge in [-0.05, 0) is 0 Å². The van der Waals surface area contributed by atoms with E-state index in [-0.39, 0.29) is 11.9 Å². The van der Waals surface area contributed by atoms with E-state index < -0.39 is 0 Å². The van der Waals surface area contributed by atoms with Gasteiger partial charge >= 0.3 is 0 Å². The van der Waals surface area contributed by atoms with Crippen molar-refractivity contribution in [1.82, 2.24) is 9.97 Å². The normalized spacial score (nSPS) is 12.5. The smallest absolute Gasteiger partial charge is 0.159 e. The molecule has 72 valence electrons. The number of nitrogens with zero attached hydrogens (tertiary/aromatic N) is 2. The van der Waals surface area contributed by atoms with Crippen molar-refractivity contribution in [3.8, 4) is 0 Å². The molecule has 1 rings (SSSR count). The van der Waals surface area contributed by atoms with Crippen molar-refractivity contribution in [2.24, 2.45) is 5.84 Å². The summed E-state index contributed by atoms with van der Waals surface area (Å²) in [6.45, 7) is 2.03. The molecule has 0 aliphatic carbocycles. The fourth-order valence-corrected chi connectivity index (χ4v) is 1.48. The molecule has 0 amide bonds. The molecule has 0 aliphatic heterocycles. The third-order valence-corrected chi connectivity index (χ3v) is 2.33.